The molecule has 25 heavy (non-hydrogen) atoms. The number of likely N-dealkylation sites (N-methyl/N-ethyl adjacent to an activating group) is 1. The molecule has 0 spiro atoms. The fraction of sp³-hybridized carbons (Fsp3) is 0.611. The van der Waals surface area contributed by atoms with Gasteiger partial charge in [-0.25, -0.2) is 0 Å². The molecule has 1 amide bonds. The number of alkyl halides is 3. The molecular formula is C18H25F3N2O2. The topological polar surface area (TPSA) is 43.8 Å². The number of rotatable bonds is 4. The highest BCUT2D eigenvalue weighted by molar-refractivity contribution is 5.78. The van der Waals surface area contributed by atoms with Crippen LogP contribution in [0.1, 0.15) is 30.4 Å². The van der Waals surface area contributed by atoms with E-state index in [-0.39, 0.29) is 12.3 Å². The molecule has 1 aliphatic rings. The van der Waals surface area contributed by atoms with Crippen molar-refractivity contribution >= 4 is 5.91 Å². The first-order chi connectivity index (χ1) is 11.6. The molecule has 0 radical (unpaired) electrons. The number of benzene rings is 1. The van der Waals surface area contributed by atoms with Gasteiger partial charge in [-0.15, -0.1) is 0 Å². The van der Waals surface area contributed by atoms with Crippen LogP contribution >= 0.6 is 0 Å². The minimum atomic E-state index is -4.41. The van der Waals surface area contributed by atoms with Gasteiger partial charge in [-0.3, -0.25) is 4.79 Å². The Bertz CT molecular complexity index is 604. The van der Waals surface area contributed by atoms with E-state index in [0.717, 1.165) is 12.1 Å². The molecule has 1 saturated heterocycles. The third kappa shape index (κ3) is 5.71. The van der Waals surface area contributed by atoms with Crippen molar-refractivity contribution in [2.75, 3.05) is 33.7 Å². The number of amides is 1. The molecule has 1 atom stereocenters. The molecule has 1 fully saturated rings. The Morgan fingerprint density at radius 2 is 2.00 bits per heavy atom. The Morgan fingerprint density at radius 1 is 1.28 bits per heavy atom. The number of hydrogen-bond acceptors (Lipinski definition) is 3. The van der Waals surface area contributed by atoms with Crippen LogP contribution < -0.4 is 0 Å². The van der Waals surface area contributed by atoms with Crippen LogP contribution in [-0.2, 0) is 17.4 Å². The maximum atomic E-state index is 12.8. The minimum absolute atomic E-state index is 0.0595. The van der Waals surface area contributed by atoms with Gasteiger partial charge < -0.3 is 14.9 Å². The SMILES string of the molecule is CN(C)CC1(O)CCCN(C(=O)Cc2cccc(C(F)(F)F)c2)CC1. The smallest absolute Gasteiger partial charge is 0.388 e. The molecule has 0 aromatic heterocycles. The molecule has 1 aromatic rings. The van der Waals surface area contributed by atoms with Gasteiger partial charge in [0.1, 0.15) is 0 Å². The Kier molecular flexibility index (Phi) is 6.11. The van der Waals surface area contributed by atoms with Gasteiger partial charge in [0.05, 0.1) is 17.6 Å². The summed E-state index contributed by atoms with van der Waals surface area (Å²) in [6.45, 7) is 1.47. The van der Waals surface area contributed by atoms with Crippen LogP contribution in [-0.4, -0.2) is 60.1 Å². The first kappa shape index (κ1) is 19.7. The quantitative estimate of drug-likeness (QED) is 0.900. The summed E-state index contributed by atoms with van der Waals surface area (Å²) in [5.41, 5.74) is -1.21. The standard InChI is InChI=1S/C18H25F3N2O2/c1-22(2)13-17(25)7-4-9-23(10-8-17)16(24)12-14-5-3-6-15(11-14)18(19,20)21/h3,5-6,11,25H,4,7-10,12-13H2,1-2H3. The van der Waals surface area contributed by atoms with Gasteiger partial charge in [0, 0.05) is 19.6 Å². The van der Waals surface area contributed by atoms with Gasteiger partial charge in [0.15, 0.2) is 0 Å². The van der Waals surface area contributed by atoms with Gasteiger partial charge in [0.2, 0.25) is 5.91 Å². The number of aliphatic hydroxyl groups is 1. The van der Waals surface area contributed by atoms with Crippen LogP contribution in [0.2, 0.25) is 0 Å². The average molecular weight is 358 g/mol. The summed E-state index contributed by atoms with van der Waals surface area (Å²) in [7, 11) is 3.78. The molecule has 140 valence electrons. The highest BCUT2D eigenvalue weighted by Gasteiger charge is 2.33. The third-order valence-corrected chi connectivity index (χ3v) is 4.49. The molecule has 1 aliphatic heterocycles. The predicted octanol–water partition coefficient (Wildman–Crippen LogP) is 2.55. The van der Waals surface area contributed by atoms with E-state index >= 15 is 0 Å². The number of nitrogens with zero attached hydrogens (tertiary/aromatic N) is 2. The number of carbonyl (C=O) groups is 1. The van der Waals surface area contributed by atoms with E-state index in [1.807, 2.05) is 19.0 Å². The maximum absolute atomic E-state index is 12.8. The van der Waals surface area contributed by atoms with Crippen LogP contribution in [0.5, 0.6) is 0 Å². The van der Waals surface area contributed by atoms with Crippen LogP contribution in [0.3, 0.4) is 0 Å². The summed E-state index contributed by atoms with van der Waals surface area (Å²) in [5, 5.41) is 10.6. The Hall–Kier alpha value is -1.60. The first-order valence-corrected chi connectivity index (χ1v) is 8.40. The van der Waals surface area contributed by atoms with Crippen molar-refractivity contribution in [3.05, 3.63) is 35.4 Å². The number of carbonyl (C=O) groups excluding carboxylic acids is 1. The largest absolute Gasteiger partial charge is 0.416 e. The van der Waals surface area contributed by atoms with Gasteiger partial charge in [-0.05, 0) is 45.0 Å². The summed E-state index contributed by atoms with van der Waals surface area (Å²) in [4.78, 5) is 16.0. The molecule has 7 heteroatoms. The summed E-state index contributed by atoms with van der Waals surface area (Å²) in [6.07, 6.45) is -2.71. The first-order valence-electron chi connectivity index (χ1n) is 8.40. The lowest BCUT2D eigenvalue weighted by atomic mass is 9.94. The van der Waals surface area contributed by atoms with Crippen LogP contribution in [0, 0.1) is 0 Å². The van der Waals surface area contributed by atoms with Crippen molar-refractivity contribution in [3.63, 3.8) is 0 Å². The molecule has 1 unspecified atom stereocenters. The van der Waals surface area contributed by atoms with Crippen molar-refractivity contribution in [2.24, 2.45) is 0 Å². The molecule has 1 aromatic carbocycles. The second-order valence-electron chi connectivity index (χ2n) is 7.07. The summed E-state index contributed by atoms with van der Waals surface area (Å²) < 4.78 is 38.3. The molecule has 1 heterocycles. The molecule has 1 N–H and O–H groups in total. The van der Waals surface area contributed by atoms with E-state index in [1.165, 1.54) is 12.1 Å². The summed E-state index contributed by atoms with van der Waals surface area (Å²) in [6, 6.07) is 4.89. The number of halogens is 3. The van der Waals surface area contributed by atoms with E-state index < -0.39 is 17.3 Å². The van der Waals surface area contributed by atoms with Crippen molar-refractivity contribution in [1.29, 1.82) is 0 Å². The zero-order valence-corrected chi connectivity index (χ0v) is 14.6. The second-order valence-corrected chi connectivity index (χ2v) is 7.07. The molecule has 2 rings (SSSR count). The van der Waals surface area contributed by atoms with Crippen LogP contribution in [0.15, 0.2) is 24.3 Å². The predicted molar refractivity (Wildman–Crippen MR) is 89.1 cm³/mol. The third-order valence-electron chi connectivity index (χ3n) is 4.49. The normalized spacial score (nSPS) is 22.1. The van der Waals surface area contributed by atoms with E-state index in [4.69, 9.17) is 0 Å². The Labute approximate surface area is 146 Å². The maximum Gasteiger partial charge on any atom is 0.416 e. The number of hydrogen-bond donors (Lipinski definition) is 1. The van der Waals surface area contributed by atoms with E-state index in [0.29, 0.717) is 44.5 Å². The number of likely N-dealkylation sites (tertiary alicyclic amines) is 1. The lowest BCUT2D eigenvalue weighted by Gasteiger charge is -2.30. The van der Waals surface area contributed by atoms with Crippen molar-refractivity contribution in [1.82, 2.24) is 9.80 Å². The molecule has 4 nitrogen and oxygen atoms in total. The molecule has 0 saturated carbocycles. The second kappa shape index (κ2) is 7.74. The monoisotopic (exact) mass is 358 g/mol. The summed E-state index contributed by atoms with van der Waals surface area (Å²) >= 11 is 0. The van der Waals surface area contributed by atoms with E-state index in [2.05, 4.69) is 0 Å². The van der Waals surface area contributed by atoms with E-state index in [9.17, 15) is 23.1 Å². The molecule has 0 aliphatic carbocycles. The van der Waals surface area contributed by atoms with Gasteiger partial charge in [-0.2, -0.15) is 13.2 Å². The fourth-order valence-electron chi connectivity index (χ4n) is 3.32. The Balaban J connectivity index is 2.00. The highest BCUT2D eigenvalue weighted by Crippen LogP contribution is 2.30. The molecular weight excluding hydrogens is 333 g/mol. The zero-order valence-electron chi connectivity index (χ0n) is 14.6. The van der Waals surface area contributed by atoms with Crippen LogP contribution in [0.4, 0.5) is 13.2 Å². The Morgan fingerprint density at radius 3 is 2.64 bits per heavy atom. The van der Waals surface area contributed by atoms with Crippen LogP contribution in [0.25, 0.3) is 0 Å². The lowest BCUT2D eigenvalue weighted by molar-refractivity contribution is -0.138. The lowest BCUT2D eigenvalue weighted by Crippen LogP contribution is -2.41. The minimum Gasteiger partial charge on any atom is -0.388 e. The van der Waals surface area contributed by atoms with Gasteiger partial charge in [0.25, 0.3) is 0 Å². The van der Waals surface area contributed by atoms with Crippen molar-refractivity contribution in [3.8, 4) is 0 Å². The average Bonchev–Trinajstić information content (AvgIpc) is 2.68. The van der Waals surface area contributed by atoms with E-state index in [1.54, 1.807) is 4.90 Å². The molecule has 0 bridgehead atoms. The van der Waals surface area contributed by atoms with Crippen molar-refractivity contribution < 1.29 is 23.1 Å². The van der Waals surface area contributed by atoms with Gasteiger partial charge in [-0.1, -0.05) is 18.2 Å². The fourth-order valence-corrected chi connectivity index (χ4v) is 3.32. The zero-order chi connectivity index (χ0) is 18.7. The van der Waals surface area contributed by atoms with Crippen molar-refractivity contribution in [2.45, 2.75) is 37.5 Å². The summed E-state index contributed by atoms with van der Waals surface area (Å²) in [5.74, 6) is -0.201. The van der Waals surface area contributed by atoms with Gasteiger partial charge >= 0.3 is 6.18 Å². The highest BCUT2D eigenvalue weighted by atomic mass is 19.4.